The van der Waals surface area contributed by atoms with Crippen molar-refractivity contribution in [2.75, 3.05) is 67.0 Å². The Labute approximate surface area is 453 Å². The third kappa shape index (κ3) is 20.7. The number of esters is 1. The van der Waals surface area contributed by atoms with Crippen LogP contribution in [-0.4, -0.2) is 177 Å². The molecule has 0 aromatic rings. The van der Waals surface area contributed by atoms with Crippen LogP contribution in [0.3, 0.4) is 0 Å². The highest BCUT2D eigenvalue weighted by atomic mass is 19.4. The molecule has 0 spiro atoms. The predicted octanol–water partition coefficient (Wildman–Crippen LogP) is 6.92. The number of cyclic esters (lactones) is 1. The average Bonchev–Trinajstić information content (AvgIpc) is 3.39. The van der Waals surface area contributed by atoms with Crippen LogP contribution in [0.1, 0.15) is 125 Å². The second-order valence-corrected chi connectivity index (χ2v) is 21.6. The molecule has 1 amide bonds. The van der Waals surface area contributed by atoms with Crippen LogP contribution in [0.4, 0.5) is 13.2 Å². The van der Waals surface area contributed by atoms with Crippen molar-refractivity contribution >= 4 is 29.2 Å². The van der Waals surface area contributed by atoms with Crippen LogP contribution in [-0.2, 0) is 61.9 Å². The molecule has 20 heteroatoms. The molecule has 1 aliphatic carbocycles. The lowest BCUT2D eigenvalue weighted by Gasteiger charge is -2.43. The molecule has 77 heavy (non-hydrogen) atoms. The lowest BCUT2D eigenvalue weighted by atomic mass is 9.78. The maximum absolute atomic E-state index is 14.5. The molecule has 0 aromatic heterocycles. The van der Waals surface area contributed by atoms with E-state index in [4.69, 9.17) is 33.2 Å². The van der Waals surface area contributed by atoms with Crippen LogP contribution in [0.5, 0.6) is 0 Å². The van der Waals surface area contributed by atoms with E-state index in [1.54, 1.807) is 46.1 Å². The highest BCUT2D eigenvalue weighted by Gasteiger charge is 2.53. The Balaban J connectivity index is 1.66. The number of methoxy groups -OCH3 is 2. The number of carbonyl (C=O) groups is 5. The van der Waals surface area contributed by atoms with Crippen LogP contribution in [0.25, 0.3) is 0 Å². The number of halogens is 3. The minimum atomic E-state index is -4.46. The topological polar surface area (TPSA) is 223 Å². The fraction of sp³-hybridized carbons (Fsp3) is 0.772. The van der Waals surface area contributed by atoms with Crippen LogP contribution >= 0.6 is 0 Å². The fourth-order valence-electron chi connectivity index (χ4n) is 10.8. The van der Waals surface area contributed by atoms with Crippen molar-refractivity contribution in [1.82, 2.24) is 4.90 Å². The number of ketones is 3. The molecule has 0 aromatic carbocycles. The van der Waals surface area contributed by atoms with Gasteiger partial charge in [0.05, 0.1) is 64.1 Å². The van der Waals surface area contributed by atoms with E-state index >= 15 is 0 Å². The smallest absolute Gasteiger partial charge is 0.411 e. The summed E-state index contributed by atoms with van der Waals surface area (Å²) in [5.74, 6) is -7.97. The first-order valence-electron chi connectivity index (χ1n) is 27.5. The SMILES string of the molecule is CO[C@@H]1C[C@H](C[C@@H](C)[C@@H]2CC(=O)C/C=C(\C)[C@@H](O)[C@@H](OC)C(=O)[C@H](C)C[C@H](C)/C=C/C=C/C=C(\C)[C@H](OCCOCCOCC(F)(F)F)C[C@@H]3CC[C@@H](C)[C@@](O)(O3)C(=O)C(=O)N3CCCC[C@H]3C(=O)O2)CC[C@H]1OCCO. The second-order valence-electron chi connectivity index (χ2n) is 21.6. The number of nitrogens with zero attached hydrogens (tertiary/aromatic N) is 1. The Morgan fingerprint density at radius 2 is 1.56 bits per heavy atom. The van der Waals surface area contributed by atoms with Gasteiger partial charge in [0.1, 0.15) is 36.7 Å². The zero-order valence-electron chi connectivity index (χ0n) is 46.5. The van der Waals surface area contributed by atoms with Crippen LogP contribution < -0.4 is 0 Å². The Bertz CT molecular complexity index is 2010. The molecule has 3 N–H and O–H groups in total. The maximum Gasteiger partial charge on any atom is 0.411 e. The number of alkyl halides is 3. The van der Waals surface area contributed by atoms with Gasteiger partial charge in [0.2, 0.25) is 5.79 Å². The van der Waals surface area contributed by atoms with Crippen molar-refractivity contribution < 1.29 is 90.4 Å². The first-order valence-corrected chi connectivity index (χ1v) is 27.5. The first-order chi connectivity index (χ1) is 36.5. The number of fused-ring (bicyclic) bond motifs is 3. The number of ether oxygens (including phenoxy) is 8. The summed E-state index contributed by atoms with van der Waals surface area (Å²) in [4.78, 5) is 72.2. The van der Waals surface area contributed by atoms with E-state index in [0.29, 0.717) is 56.9 Å². The number of hydrogen-bond acceptors (Lipinski definition) is 16. The van der Waals surface area contributed by atoms with Gasteiger partial charge in [-0.2, -0.15) is 13.2 Å². The minimum Gasteiger partial charge on any atom is -0.460 e. The quantitative estimate of drug-likeness (QED) is 0.0618. The van der Waals surface area contributed by atoms with E-state index in [-0.39, 0.29) is 113 Å². The summed E-state index contributed by atoms with van der Waals surface area (Å²) in [7, 11) is 2.95. The van der Waals surface area contributed by atoms with Gasteiger partial charge < -0.3 is 58.1 Å². The van der Waals surface area contributed by atoms with Gasteiger partial charge in [0.15, 0.2) is 5.78 Å². The van der Waals surface area contributed by atoms with Gasteiger partial charge >= 0.3 is 12.1 Å². The summed E-state index contributed by atoms with van der Waals surface area (Å²) in [5.41, 5.74) is 1.07. The predicted molar refractivity (Wildman–Crippen MR) is 278 cm³/mol. The number of aliphatic hydroxyl groups is 3. The van der Waals surface area contributed by atoms with Gasteiger partial charge in [-0.15, -0.1) is 0 Å². The fourth-order valence-corrected chi connectivity index (χ4v) is 10.8. The van der Waals surface area contributed by atoms with E-state index < -0.39 is 84.6 Å². The summed E-state index contributed by atoms with van der Waals surface area (Å²) in [6.07, 6.45) is 5.50. The summed E-state index contributed by atoms with van der Waals surface area (Å²) in [6.45, 7) is 9.01. The molecule has 438 valence electrons. The number of piperidine rings is 1. The average molecular weight is 1100 g/mol. The standard InChI is InChI=1S/C57H88F3NO16/c1-36-14-10-9-11-15-37(2)47(75-29-28-72-26-27-73-35-56(58,59)60)34-44-21-18-41(6)57(69,77-44)53(66)54(67)61-23-13-12-16-45(61)55(68)76-48(39(4)31-42-19-22-46(74-25-24-62)49(32-42)70-7)33-43(63)20-17-38(3)50(64)52(71-8)51(65)40(5)30-36/h9-11,14-15,17,36,39-42,44-50,52,62,64,69H,12-13,16,18-35H2,1-8H3/b11-9+,14-10+,37-15+,38-17+/t36-,39-,40-,41-,42+,44+,45+,46-,47-,48+,49-,50-,52-,57-/m1/s1. The number of carbonyl (C=O) groups excluding carboxylic acids is 5. The van der Waals surface area contributed by atoms with Crippen molar-refractivity contribution in [2.24, 2.45) is 29.6 Å². The highest BCUT2D eigenvalue weighted by Crippen LogP contribution is 2.38. The molecule has 17 nitrogen and oxygen atoms in total. The van der Waals surface area contributed by atoms with E-state index in [1.165, 1.54) is 7.11 Å². The van der Waals surface area contributed by atoms with Gasteiger partial charge in [-0.05, 0) is 107 Å². The van der Waals surface area contributed by atoms with Gasteiger partial charge in [-0.3, -0.25) is 19.2 Å². The monoisotopic (exact) mass is 1100 g/mol. The number of aliphatic hydroxyl groups excluding tert-OH is 2. The first kappa shape index (κ1) is 65.8. The third-order valence-corrected chi connectivity index (χ3v) is 15.4. The highest BCUT2D eigenvalue weighted by molar-refractivity contribution is 6.39. The molecule has 4 aliphatic rings. The third-order valence-electron chi connectivity index (χ3n) is 15.4. The summed E-state index contributed by atoms with van der Waals surface area (Å²) < 4.78 is 83.5. The molecule has 3 fully saturated rings. The number of rotatable bonds is 16. The zero-order chi connectivity index (χ0) is 56.9. The molecular formula is C57H88F3NO16. The van der Waals surface area contributed by atoms with Gasteiger partial charge in [0.25, 0.3) is 11.7 Å². The van der Waals surface area contributed by atoms with E-state index in [1.807, 2.05) is 39.0 Å². The normalized spacial score (nSPS) is 35.2. The summed E-state index contributed by atoms with van der Waals surface area (Å²) >= 11 is 0. The molecule has 2 bridgehead atoms. The van der Waals surface area contributed by atoms with Gasteiger partial charge in [0, 0.05) is 51.9 Å². The van der Waals surface area contributed by atoms with Crippen molar-refractivity contribution in [3.8, 4) is 0 Å². The Morgan fingerprint density at radius 1 is 0.831 bits per heavy atom. The van der Waals surface area contributed by atoms with E-state index in [2.05, 4.69) is 4.74 Å². The van der Waals surface area contributed by atoms with Gasteiger partial charge in [-0.1, -0.05) is 64.2 Å². The molecule has 2 saturated heterocycles. The Hall–Kier alpha value is -3.70. The Kier molecular flexibility index (Phi) is 27.8. The van der Waals surface area contributed by atoms with Crippen LogP contribution in [0.15, 0.2) is 47.6 Å². The van der Waals surface area contributed by atoms with E-state index in [9.17, 15) is 52.5 Å². The number of allylic oxidation sites excluding steroid dienone is 6. The van der Waals surface area contributed by atoms with Crippen LogP contribution in [0.2, 0.25) is 0 Å². The maximum atomic E-state index is 14.5. The molecule has 3 heterocycles. The molecule has 1 saturated carbocycles. The van der Waals surface area contributed by atoms with Crippen molar-refractivity contribution in [3.05, 3.63) is 47.6 Å². The lowest BCUT2D eigenvalue weighted by molar-refractivity contribution is -0.266. The van der Waals surface area contributed by atoms with Crippen molar-refractivity contribution in [3.63, 3.8) is 0 Å². The second kappa shape index (κ2) is 32.5. The molecule has 4 rings (SSSR count). The summed E-state index contributed by atoms with van der Waals surface area (Å²) in [5, 5.41) is 32.9. The molecule has 0 radical (unpaired) electrons. The zero-order valence-corrected chi connectivity index (χ0v) is 46.5. The molecule has 0 unspecified atom stereocenters. The number of Topliss-reactive ketones (excluding diaryl/α,β-unsaturated/α-hetero) is 3. The largest absolute Gasteiger partial charge is 0.460 e. The Morgan fingerprint density at radius 3 is 2.26 bits per heavy atom. The minimum absolute atomic E-state index is 0.0180. The lowest BCUT2D eigenvalue weighted by Crippen LogP contribution is -2.61. The summed E-state index contributed by atoms with van der Waals surface area (Å²) in [6, 6.07) is -1.21. The van der Waals surface area contributed by atoms with E-state index in [0.717, 1.165) is 16.9 Å². The molecule has 3 aliphatic heterocycles. The number of hydrogen-bond donors (Lipinski definition) is 3. The number of amides is 1. The van der Waals surface area contributed by atoms with Crippen molar-refractivity contribution in [2.45, 2.75) is 186 Å². The molecule has 14 atom stereocenters. The molecular weight excluding hydrogens is 1010 g/mol. The van der Waals surface area contributed by atoms with Gasteiger partial charge in [-0.25, -0.2) is 4.79 Å². The van der Waals surface area contributed by atoms with Crippen molar-refractivity contribution in [1.29, 1.82) is 0 Å². The van der Waals surface area contributed by atoms with Crippen LogP contribution in [0, 0.1) is 29.6 Å².